The molecule has 1 aromatic heterocycles. The Hall–Kier alpha value is -2.82. The van der Waals surface area contributed by atoms with Crippen molar-refractivity contribution >= 4 is 17.4 Å². The van der Waals surface area contributed by atoms with E-state index < -0.39 is 29.0 Å². The van der Waals surface area contributed by atoms with Gasteiger partial charge in [-0.15, -0.1) is 10.2 Å². The van der Waals surface area contributed by atoms with E-state index in [1.807, 2.05) is 0 Å². The second-order valence-electron chi connectivity index (χ2n) is 10.5. The van der Waals surface area contributed by atoms with Crippen molar-refractivity contribution in [2.75, 3.05) is 13.2 Å². The second-order valence-corrected chi connectivity index (χ2v) is 11.5. The molecule has 210 valence electrons. The number of hydrogen-bond acceptors (Lipinski definition) is 7. The van der Waals surface area contributed by atoms with Crippen LogP contribution in [-0.2, 0) is 21.2 Å². The van der Waals surface area contributed by atoms with Crippen molar-refractivity contribution in [3.8, 4) is 16.3 Å². The maximum Gasteiger partial charge on any atom is 0.419 e. The molecule has 1 aliphatic rings. The first-order valence-electron chi connectivity index (χ1n) is 12.8. The molecule has 1 saturated heterocycles. The van der Waals surface area contributed by atoms with E-state index in [4.69, 9.17) is 14.2 Å². The van der Waals surface area contributed by atoms with Gasteiger partial charge in [0, 0.05) is 5.56 Å². The van der Waals surface area contributed by atoms with Crippen LogP contribution >= 0.6 is 11.3 Å². The molecule has 11 heteroatoms. The number of rotatable bonds is 10. The number of halogens is 3. The molecule has 1 aromatic carbocycles. The molecule has 3 rings (SSSR count). The fraction of sp³-hybridized carbons (Fsp3) is 0.593. The summed E-state index contributed by atoms with van der Waals surface area (Å²) in [5.41, 5.74) is -2.45. The molecule has 1 aliphatic heterocycles. The summed E-state index contributed by atoms with van der Waals surface area (Å²) in [4.78, 5) is 14.2. The Morgan fingerprint density at radius 2 is 1.84 bits per heavy atom. The molecular weight excluding hydrogens is 519 g/mol. The van der Waals surface area contributed by atoms with Crippen molar-refractivity contribution in [3.63, 3.8) is 0 Å². The summed E-state index contributed by atoms with van der Waals surface area (Å²) in [5.74, 6) is -0.104. The molecule has 0 saturated carbocycles. The number of alkyl halides is 3. The van der Waals surface area contributed by atoms with Crippen molar-refractivity contribution in [2.24, 2.45) is 0 Å². The van der Waals surface area contributed by atoms with Crippen LogP contribution in [0.3, 0.4) is 0 Å². The summed E-state index contributed by atoms with van der Waals surface area (Å²) in [5, 5.41) is 8.99. The topological polar surface area (TPSA) is 73.8 Å². The molecule has 1 atom stereocenters. The van der Waals surface area contributed by atoms with Gasteiger partial charge in [0.25, 0.3) is 0 Å². The SMILES string of the molecule is C=C1OC[C@@](C)(c2nnc(-c3ccc(OCCCCCCCC)c(C(F)(F)F)c3)s2)N1C(=O)OC(C)(C)C. The van der Waals surface area contributed by atoms with E-state index in [1.54, 1.807) is 27.7 Å². The summed E-state index contributed by atoms with van der Waals surface area (Å²) in [6.07, 6.45) is 0.820. The van der Waals surface area contributed by atoms with Crippen LogP contribution in [0.2, 0.25) is 0 Å². The Morgan fingerprint density at radius 3 is 2.50 bits per heavy atom. The zero-order chi connectivity index (χ0) is 28.1. The number of aromatic nitrogens is 2. The first-order valence-corrected chi connectivity index (χ1v) is 13.6. The summed E-state index contributed by atoms with van der Waals surface area (Å²) in [6.45, 7) is 13.1. The Bertz CT molecular complexity index is 1130. The van der Waals surface area contributed by atoms with Crippen LogP contribution in [0.1, 0.15) is 83.7 Å². The van der Waals surface area contributed by atoms with Crippen LogP contribution in [0.4, 0.5) is 18.0 Å². The van der Waals surface area contributed by atoms with Crippen molar-refractivity contribution in [1.82, 2.24) is 15.1 Å². The van der Waals surface area contributed by atoms with Gasteiger partial charge in [-0.3, -0.25) is 0 Å². The van der Waals surface area contributed by atoms with Gasteiger partial charge < -0.3 is 14.2 Å². The van der Waals surface area contributed by atoms with Crippen molar-refractivity contribution in [2.45, 2.75) is 90.5 Å². The van der Waals surface area contributed by atoms with Gasteiger partial charge in [-0.2, -0.15) is 13.2 Å². The van der Waals surface area contributed by atoms with E-state index in [1.165, 1.54) is 17.0 Å². The molecule has 0 spiro atoms. The van der Waals surface area contributed by atoms with Gasteiger partial charge in [0.2, 0.25) is 0 Å². The summed E-state index contributed by atoms with van der Waals surface area (Å²) in [7, 11) is 0. The van der Waals surface area contributed by atoms with E-state index in [-0.39, 0.29) is 35.4 Å². The highest BCUT2D eigenvalue weighted by Gasteiger charge is 2.50. The van der Waals surface area contributed by atoms with E-state index in [2.05, 4.69) is 23.7 Å². The summed E-state index contributed by atoms with van der Waals surface area (Å²) in [6, 6.07) is 3.89. The molecule has 0 aliphatic carbocycles. The van der Waals surface area contributed by atoms with Crippen molar-refractivity contribution in [3.05, 3.63) is 41.2 Å². The van der Waals surface area contributed by atoms with Crippen LogP contribution in [0.5, 0.6) is 5.75 Å². The number of unbranched alkanes of at least 4 members (excludes halogenated alkanes) is 5. The molecule has 2 aromatic rings. The fourth-order valence-corrected chi connectivity index (χ4v) is 4.99. The lowest BCUT2D eigenvalue weighted by atomic mass is 10.0. The third kappa shape index (κ3) is 7.18. The van der Waals surface area contributed by atoms with Crippen LogP contribution in [0, 0.1) is 0 Å². The van der Waals surface area contributed by atoms with Gasteiger partial charge in [0.05, 0.1) is 12.2 Å². The molecule has 1 fully saturated rings. The van der Waals surface area contributed by atoms with Gasteiger partial charge in [-0.1, -0.05) is 50.4 Å². The molecule has 7 nitrogen and oxygen atoms in total. The van der Waals surface area contributed by atoms with Crippen LogP contribution in [0.15, 0.2) is 30.7 Å². The number of nitrogens with zero attached hydrogens (tertiary/aromatic N) is 3. The van der Waals surface area contributed by atoms with Gasteiger partial charge in [0.1, 0.15) is 33.5 Å². The molecule has 38 heavy (non-hydrogen) atoms. The third-order valence-corrected chi connectivity index (χ3v) is 7.24. The fourth-order valence-electron chi connectivity index (χ4n) is 4.03. The van der Waals surface area contributed by atoms with Gasteiger partial charge in [-0.25, -0.2) is 9.69 Å². The van der Waals surface area contributed by atoms with Crippen LogP contribution in [-0.4, -0.2) is 40.0 Å². The summed E-state index contributed by atoms with van der Waals surface area (Å²) < 4.78 is 58.2. The minimum atomic E-state index is -4.60. The zero-order valence-corrected chi connectivity index (χ0v) is 23.4. The monoisotopic (exact) mass is 555 g/mol. The average molecular weight is 556 g/mol. The number of amides is 1. The Morgan fingerprint density at radius 1 is 1.16 bits per heavy atom. The predicted octanol–water partition coefficient (Wildman–Crippen LogP) is 7.92. The standard InChI is InChI=1S/C27H36F3N3O4S/c1-7-8-9-10-11-12-15-35-21-14-13-19(16-20(21)27(28,29)30)22-31-32-23(38-22)26(6)17-36-18(2)33(26)24(34)37-25(3,4)5/h13-14,16H,2,7-12,15,17H2,1,3-6H3/t26-/m0/s1. The molecule has 2 heterocycles. The number of hydrogen-bond donors (Lipinski definition) is 0. The normalized spacial score (nSPS) is 18.0. The quantitative estimate of drug-likeness (QED) is 0.277. The van der Waals surface area contributed by atoms with Gasteiger partial charge in [0.15, 0.2) is 5.88 Å². The lowest BCUT2D eigenvalue weighted by Gasteiger charge is -2.31. The largest absolute Gasteiger partial charge is 0.493 e. The first kappa shape index (κ1) is 29.7. The maximum absolute atomic E-state index is 13.9. The van der Waals surface area contributed by atoms with Crippen LogP contribution < -0.4 is 4.74 Å². The molecular formula is C27H36F3N3O4S. The first-order chi connectivity index (χ1) is 17.8. The number of ether oxygens (including phenoxy) is 3. The highest BCUT2D eigenvalue weighted by Crippen LogP contribution is 2.43. The number of benzene rings is 1. The number of carbonyl (C=O) groups is 1. The maximum atomic E-state index is 13.9. The molecule has 1 amide bonds. The molecule has 0 unspecified atom stereocenters. The molecule has 0 N–H and O–H groups in total. The lowest BCUT2D eigenvalue weighted by molar-refractivity contribution is -0.138. The van der Waals surface area contributed by atoms with E-state index >= 15 is 0 Å². The minimum Gasteiger partial charge on any atom is -0.493 e. The third-order valence-electron chi connectivity index (χ3n) is 6.01. The summed E-state index contributed by atoms with van der Waals surface area (Å²) >= 11 is 1.08. The zero-order valence-electron chi connectivity index (χ0n) is 22.6. The lowest BCUT2D eigenvalue weighted by Crippen LogP contribution is -2.45. The minimum absolute atomic E-state index is 0.0543. The second kappa shape index (κ2) is 11.9. The van der Waals surface area contributed by atoms with Crippen molar-refractivity contribution < 1.29 is 32.2 Å². The van der Waals surface area contributed by atoms with E-state index in [9.17, 15) is 18.0 Å². The predicted molar refractivity (Wildman–Crippen MR) is 140 cm³/mol. The van der Waals surface area contributed by atoms with Crippen molar-refractivity contribution in [1.29, 1.82) is 0 Å². The Balaban J connectivity index is 1.80. The molecule has 0 bridgehead atoms. The van der Waals surface area contributed by atoms with Crippen LogP contribution in [0.25, 0.3) is 10.6 Å². The average Bonchev–Trinajstić information content (AvgIpc) is 3.42. The molecule has 0 radical (unpaired) electrons. The van der Waals surface area contributed by atoms with Gasteiger partial charge >= 0.3 is 12.3 Å². The smallest absolute Gasteiger partial charge is 0.419 e. The number of carbonyl (C=O) groups excluding carboxylic acids is 1. The van der Waals surface area contributed by atoms with E-state index in [0.29, 0.717) is 11.4 Å². The highest BCUT2D eigenvalue weighted by atomic mass is 32.1. The Kier molecular flexibility index (Phi) is 9.33. The Labute approximate surface area is 226 Å². The van der Waals surface area contributed by atoms with Gasteiger partial charge in [-0.05, 0) is 58.9 Å². The highest BCUT2D eigenvalue weighted by molar-refractivity contribution is 7.14. The van der Waals surface area contributed by atoms with E-state index in [0.717, 1.165) is 49.5 Å².